The predicted octanol–water partition coefficient (Wildman–Crippen LogP) is 5.75. The number of anilines is 1. The first-order valence-electron chi connectivity index (χ1n) is 10.3. The number of rotatable bonds is 5. The maximum absolute atomic E-state index is 6.12. The SMILES string of the molecule is Clc1ccc(OC2CCN(CC3CCN(c4ccccc4)CC3)CC2)cc1Cl. The lowest BCUT2D eigenvalue weighted by atomic mass is 9.94. The van der Waals surface area contributed by atoms with Crippen molar-refractivity contribution in [1.82, 2.24) is 4.90 Å². The Kier molecular flexibility index (Phi) is 6.66. The lowest BCUT2D eigenvalue weighted by Gasteiger charge is -2.38. The Morgan fingerprint density at radius 1 is 0.821 bits per heavy atom. The number of piperidine rings is 2. The number of nitrogens with zero attached hydrogens (tertiary/aromatic N) is 2. The molecule has 0 aromatic heterocycles. The minimum Gasteiger partial charge on any atom is -0.490 e. The Hall–Kier alpha value is -1.42. The number of likely N-dealkylation sites (tertiary alicyclic amines) is 1. The zero-order chi connectivity index (χ0) is 19.3. The zero-order valence-electron chi connectivity index (χ0n) is 16.2. The van der Waals surface area contributed by atoms with Crippen LogP contribution in [0.1, 0.15) is 25.7 Å². The van der Waals surface area contributed by atoms with Crippen molar-refractivity contribution in [1.29, 1.82) is 0 Å². The molecule has 2 aromatic carbocycles. The minimum absolute atomic E-state index is 0.272. The second kappa shape index (κ2) is 9.39. The minimum atomic E-state index is 0.272. The van der Waals surface area contributed by atoms with Crippen LogP contribution in [0.25, 0.3) is 0 Å². The molecule has 0 aliphatic carbocycles. The van der Waals surface area contributed by atoms with Crippen molar-refractivity contribution < 1.29 is 4.74 Å². The summed E-state index contributed by atoms with van der Waals surface area (Å²) in [6.07, 6.45) is 4.99. The summed E-state index contributed by atoms with van der Waals surface area (Å²) in [4.78, 5) is 5.14. The summed E-state index contributed by atoms with van der Waals surface area (Å²) < 4.78 is 6.12. The largest absolute Gasteiger partial charge is 0.490 e. The van der Waals surface area contributed by atoms with Gasteiger partial charge in [0, 0.05) is 44.5 Å². The fourth-order valence-electron chi connectivity index (χ4n) is 4.33. The average molecular weight is 419 g/mol. The molecule has 5 heteroatoms. The summed E-state index contributed by atoms with van der Waals surface area (Å²) in [6, 6.07) is 16.3. The van der Waals surface area contributed by atoms with Gasteiger partial charge in [0.05, 0.1) is 10.0 Å². The van der Waals surface area contributed by atoms with Gasteiger partial charge in [0.1, 0.15) is 11.9 Å². The van der Waals surface area contributed by atoms with Crippen molar-refractivity contribution in [3.05, 3.63) is 58.6 Å². The van der Waals surface area contributed by atoms with E-state index in [0.717, 1.165) is 37.6 Å². The molecule has 0 amide bonds. The Labute approximate surface area is 178 Å². The normalized spacial score (nSPS) is 19.7. The highest BCUT2D eigenvalue weighted by atomic mass is 35.5. The van der Waals surface area contributed by atoms with E-state index in [1.54, 1.807) is 6.07 Å². The number of ether oxygens (including phenoxy) is 1. The molecule has 2 saturated heterocycles. The summed E-state index contributed by atoms with van der Waals surface area (Å²) in [5.41, 5.74) is 1.36. The van der Waals surface area contributed by atoms with Crippen LogP contribution in [0.4, 0.5) is 5.69 Å². The molecule has 0 saturated carbocycles. The molecule has 2 fully saturated rings. The highest BCUT2D eigenvalue weighted by Gasteiger charge is 2.25. The van der Waals surface area contributed by atoms with E-state index >= 15 is 0 Å². The highest BCUT2D eigenvalue weighted by Crippen LogP contribution is 2.29. The molecule has 4 rings (SSSR count). The van der Waals surface area contributed by atoms with Gasteiger partial charge in [0.15, 0.2) is 0 Å². The molecule has 0 spiro atoms. The third kappa shape index (κ3) is 5.14. The van der Waals surface area contributed by atoms with E-state index < -0.39 is 0 Å². The molecule has 0 N–H and O–H groups in total. The van der Waals surface area contributed by atoms with Crippen LogP contribution in [-0.4, -0.2) is 43.7 Å². The predicted molar refractivity (Wildman–Crippen MR) is 118 cm³/mol. The number of para-hydroxylation sites is 1. The smallest absolute Gasteiger partial charge is 0.121 e. The van der Waals surface area contributed by atoms with Gasteiger partial charge in [-0.3, -0.25) is 0 Å². The van der Waals surface area contributed by atoms with Crippen molar-refractivity contribution in [2.45, 2.75) is 31.8 Å². The Bertz CT molecular complexity index is 754. The van der Waals surface area contributed by atoms with E-state index in [9.17, 15) is 0 Å². The van der Waals surface area contributed by atoms with Crippen molar-refractivity contribution in [3.63, 3.8) is 0 Å². The standard InChI is InChI=1S/C23H28Cl2N2O/c24-22-7-6-21(16-23(22)25)28-20-10-12-26(13-11-20)17-18-8-14-27(15-9-18)19-4-2-1-3-5-19/h1-7,16,18,20H,8-15,17H2. The van der Waals surface area contributed by atoms with Gasteiger partial charge in [-0.05, 0) is 55.9 Å². The van der Waals surface area contributed by atoms with Crippen LogP contribution in [0.5, 0.6) is 5.75 Å². The maximum Gasteiger partial charge on any atom is 0.121 e. The highest BCUT2D eigenvalue weighted by molar-refractivity contribution is 6.42. The van der Waals surface area contributed by atoms with Gasteiger partial charge in [0.2, 0.25) is 0 Å². The van der Waals surface area contributed by atoms with Crippen molar-refractivity contribution >= 4 is 28.9 Å². The number of halogens is 2. The van der Waals surface area contributed by atoms with Gasteiger partial charge in [0.25, 0.3) is 0 Å². The molecule has 0 bridgehead atoms. The van der Waals surface area contributed by atoms with E-state index in [2.05, 4.69) is 40.1 Å². The zero-order valence-corrected chi connectivity index (χ0v) is 17.7. The topological polar surface area (TPSA) is 15.7 Å². The van der Waals surface area contributed by atoms with E-state index in [0.29, 0.717) is 10.0 Å². The van der Waals surface area contributed by atoms with Crippen molar-refractivity contribution in [2.75, 3.05) is 37.6 Å². The van der Waals surface area contributed by atoms with E-state index in [4.69, 9.17) is 27.9 Å². The third-order valence-electron chi connectivity index (χ3n) is 5.98. The molecule has 0 radical (unpaired) electrons. The van der Waals surface area contributed by atoms with Crippen LogP contribution in [-0.2, 0) is 0 Å². The van der Waals surface area contributed by atoms with Crippen LogP contribution >= 0.6 is 23.2 Å². The summed E-state index contributed by atoms with van der Waals surface area (Å²) in [7, 11) is 0. The van der Waals surface area contributed by atoms with Crippen LogP contribution in [0, 0.1) is 5.92 Å². The lowest BCUT2D eigenvalue weighted by Crippen LogP contribution is -2.43. The number of hydrogen-bond acceptors (Lipinski definition) is 3. The monoisotopic (exact) mass is 418 g/mol. The van der Waals surface area contributed by atoms with Crippen LogP contribution in [0.3, 0.4) is 0 Å². The first kappa shape index (κ1) is 19.9. The third-order valence-corrected chi connectivity index (χ3v) is 6.72. The molecular formula is C23H28Cl2N2O. The summed E-state index contributed by atoms with van der Waals surface area (Å²) >= 11 is 12.1. The summed E-state index contributed by atoms with van der Waals surface area (Å²) in [5.74, 6) is 1.63. The summed E-state index contributed by atoms with van der Waals surface area (Å²) in [6.45, 7) is 5.80. The quantitative estimate of drug-likeness (QED) is 0.614. The molecule has 2 aromatic rings. The van der Waals surface area contributed by atoms with Gasteiger partial charge in [-0.1, -0.05) is 41.4 Å². The summed E-state index contributed by atoms with van der Waals surface area (Å²) in [5, 5.41) is 1.13. The molecule has 150 valence electrons. The molecule has 3 nitrogen and oxygen atoms in total. The van der Waals surface area contributed by atoms with Crippen LogP contribution in [0.15, 0.2) is 48.5 Å². The van der Waals surface area contributed by atoms with Crippen LogP contribution < -0.4 is 9.64 Å². The maximum atomic E-state index is 6.12. The van der Waals surface area contributed by atoms with Gasteiger partial charge in [-0.25, -0.2) is 0 Å². The Balaban J connectivity index is 1.19. The fraction of sp³-hybridized carbons (Fsp3) is 0.478. The molecular weight excluding hydrogens is 391 g/mol. The van der Waals surface area contributed by atoms with Gasteiger partial charge >= 0.3 is 0 Å². The van der Waals surface area contributed by atoms with Crippen molar-refractivity contribution in [2.24, 2.45) is 5.92 Å². The second-order valence-electron chi connectivity index (χ2n) is 7.96. The molecule has 0 unspecified atom stereocenters. The Morgan fingerprint density at radius 3 is 2.21 bits per heavy atom. The number of hydrogen-bond donors (Lipinski definition) is 0. The molecule has 0 atom stereocenters. The molecule has 2 aliphatic heterocycles. The van der Waals surface area contributed by atoms with Crippen molar-refractivity contribution in [3.8, 4) is 5.75 Å². The first-order chi connectivity index (χ1) is 13.7. The fourth-order valence-corrected chi connectivity index (χ4v) is 4.62. The van der Waals surface area contributed by atoms with Gasteiger partial charge < -0.3 is 14.5 Å². The Morgan fingerprint density at radius 2 is 1.54 bits per heavy atom. The number of benzene rings is 2. The van der Waals surface area contributed by atoms with E-state index in [1.165, 1.54) is 38.2 Å². The second-order valence-corrected chi connectivity index (χ2v) is 8.77. The van der Waals surface area contributed by atoms with E-state index in [1.807, 2.05) is 12.1 Å². The molecule has 2 heterocycles. The average Bonchev–Trinajstić information content (AvgIpc) is 2.73. The molecule has 2 aliphatic rings. The van der Waals surface area contributed by atoms with Crippen LogP contribution in [0.2, 0.25) is 10.0 Å². The lowest BCUT2D eigenvalue weighted by molar-refractivity contribution is 0.0881. The van der Waals surface area contributed by atoms with Gasteiger partial charge in [-0.15, -0.1) is 0 Å². The van der Waals surface area contributed by atoms with Gasteiger partial charge in [-0.2, -0.15) is 0 Å². The molecule has 28 heavy (non-hydrogen) atoms. The first-order valence-corrected chi connectivity index (χ1v) is 11.1. The van der Waals surface area contributed by atoms with E-state index in [-0.39, 0.29) is 6.10 Å².